The summed E-state index contributed by atoms with van der Waals surface area (Å²) < 4.78 is 43.5. The van der Waals surface area contributed by atoms with Gasteiger partial charge in [0, 0.05) is 31.6 Å². The summed E-state index contributed by atoms with van der Waals surface area (Å²) in [5, 5.41) is 7.12. The molecule has 0 bridgehead atoms. The Morgan fingerprint density at radius 2 is 2.12 bits per heavy atom. The number of allylic oxidation sites excluding steroid dienone is 1. The fourth-order valence-corrected chi connectivity index (χ4v) is 4.26. The van der Waals surface area contributed by atoms with Gasteiger partial charge in [-0.25, -0.2) is 4.79 Å². The SMILES string of the molecule is O=C(CC1=CCCCC1)N1C[C@@H]2COC[C@]2(COc2cccnc2)C1.O=C(O)C(F)(F)F. The average molecular weight is 456 g/mol. The molecule has 32 heavy (non-hydrogen) atoms. The Balaban J connectivity index is 0.000000360. The zero-order valence-electron chi connectivity index (χ0n) is 17.6. The zero-order valence-corrected chi connectivity index (χ0v) is 17.6. The Kier molecular flexibility index (Phi) is 7.76. The average Bonchev–Trinajstić information content (AvgIpc) is 3.31. The van der Waals surface area contributed by atoms with Crippen molar-refractivity contribution >= 4 is 11.9 Å². The number of carbonyl (C=O) groups excluding carboxylic acids is 1. The first-order valence-corrected chi connectivity index (χ1v) is 10.6. The topological polar surface area (TPSA) is 89.0 Å². The van der Waals surface area contributed by atoms with E-state index in [1.54, 1.807) is 12.4 Å². The summed E-state index contributed by atoms with van der Waals surface area (Å²) in [6, 6.07) is 3.79. The number of hydrogen-bond donors (Lipinski definition) is 1. The van der Waals surface area contributed by atoms with Gasteiger partial charge in [-0.1, -0.05) is 11.6 Å². The summed E-state index contributed by atoms with van der Waals surface area (Å²) in [5.74, 6) is -1.34. The quantitative estimate of drug-likeness (QED) is 0.683. The van der Waals surface area contributed by atoms with Crippen LogP contribution in [0.4, 0.5) is 13.2 Å². The highest BCUT2D eigenvalue weighted by molar-refractivity contribution is 5.79. The number of fused-ring (bicyclic) bond motifs is 1. The minimum absolute atomic E-state index is 0.0769. The van der Waals surface area contributed by atoms with Crippen LogP contribution >= 0.6 is 0 Å². The number of alkyl halides is 3. The highest BCUT2D eigenvalue weighted by atomic mass is 19.4. The molecular formula is C22H27F3N2O5. The molecule has 2 fully saturated rings. The first kappa shape index (κ1) is 24.0. The molecule has 3 heterocycles. The standard InChI is InChI=1S/C20H26N2O3.C2HF3O2/c23-19(9-16-5-2-1-3-6-16)22-11-17-12-24-14-20(17,13-22)15-25-18-7-4-8-21-10-18;3-2(4,5)1(6)7/h4-5,7-8,10,17H,1-3,6,9,11-15H2;(H,6,7)/t17-,20+;/m1./s1. The number of amides is 1. The lowest BCUT2D eigenvalue weighted by molar-refractivity contribution is -0.192. The van der Waals surface area contributed by atoms with E-state index in [-0.39, 0.29) is 11.3 Å². The number of carbonyl (C=O) groups is 2. The molecule has 2 saturated heterocycles. The molecule has 3 aliphatic rings. The molecule has 1 aromatic rings. The smallest absolute Gasteiger partial charge is 0.490 e. The maximum Gasteiger partial charge on any atom is 0.490 e. The van der Waals surface area contributed by atoms with Gasteiger partial charge in [0.1, 0.15) is 5.75 Å². The monoisotopic (exact) mass is 456 g/mol. The van der Waals surface area contributed by atoms with Gasteiger partial charge in [-0.2, -0.15) is 13.2 Å². The van der Waals surface area contributed by atoms with Gasteiger partial charge in [0.2, 0.25) is 5.91 Å². The van der Waals surface area contributed by atoms with Crippen LogP contribution in [0.5, 0.6) is 5.75 Å². The lowest BCUT2D eigenvalue weighted by atomic mass is 9.82. The minimum atomic E-state index is -5.08. The second-order valence-electron chi connectivity index (χ2n) is 8.41. The van der Waals surface area contributed by atoms with Crippen LogP contribution in [0.25, 0.3) is 0 Å². The Bertz CT molecular complexity index is 831. The number of aromatic nitrogens is 1. The molecular weight excluding hydrogens is 429 g/mol. The van der Waals surface area contributed by atoms with E-state index in [1.165, 1.54) is 18.4 Å². The third kappa shape index (κ3) is 6.21. The van der Waals surface area contributed by atoms with Gasteiger partial charge in [0.05, 0.1) is 31.4 Å². The summed E-state index contributed by atoms with van der Waals surface area (Å²) in [4.78, 5) is 27.8. The molecule has 1 aromatic heterocycles. The number of carboxylic acid groups (broad SMARTS) is 1. The predicted octanol–water partition coefficient (Wildman–Crippen LogP) is 3.46. The Morgan fingerprint density at radius 3 is 2.75 bits per heavy atom. The Morgan fingerprint density at radius 1 is 1.34 bits per heavy atom. The third-order valence-corrected chi connectivity index (χ3v) is 6.04. The molecule has 2 atom stereocenters. The van der Waals surface area contributed by atoms with Crippen molar-refractivity contribution in [2.45, 2.75) is 38.3 Å². The molecule has 176 valence electrons. The number of hydrogen-bond acceptors (Lipinski definition) is 5. The van der Waals surface area contributed by atoms with Crippen molar-refractivity contribution in [1.29, 1.82) is 0 Å². The van der Waals surface area contributed by atoms with Crippen LogP contribution < -0.4 is 4.74 Å². The zero-order chi connectivity index (χ0) is 23.2. The van der Waals surface area contributed by atoms with Crippen LogP contribution in [0.1, 0.15) is 32.1 Å². The lowest BCUT2D eigenvalue weighted by Crippen LogP contribution is -2.38. The van der Waals surface area contributed by atoms with Gasteiger partial charge < -0.3 is 19.5 Å². The molecule has 0 aromatic carbocycles. The van der Waals surface area contributed by atoms with Crippen LogP contribution in [0.2, 0.25) is 0 Å². The van der Waals surface area contributed by atoms with E-state index in [0.717, 1.165) is 38.3 Å². The van der Waals surface area contributed by atoms with Crippen molar-refractivity contribution in [2.75, 3.05) is 32.9 Å². The predicted molar refractivity (Wildman–Crippen MR) is 108 cm³/mol. The van der Waals surface area contributed by atoms with Crippen molar-refractivity contribution in [1.82, 2.24) is 9.88 Å². The number of aliphatic carboxylic acids is 1. The Hall–Kier alpha value is -2.62. The van der Waals surface area contributed by atoms with Gasteiger partial charge in [-0.05, 0) is 37.8 Å². The molecule has 4 rings (SSSR count). The van der Waals surface area contributed by atoms with E-state index in [0.29, 0.717) is 25.6 Å². The molecule has 7 nitrogen and oxygen atoms in total. The first-order chi connectivity index (χ1) is 15.2. The molecule has 1 N–H and O–H groups in total. The number of pyridine rings is 1. The minimum Gasteiger partial charge on any atom is -0.491 e. The summed E-state index contributed by atoms with van der Waals surface area (Å²) >= 11 is 0. The molecule has 1 amide bonds. The van der Waals surface area contributed by atoms with Crippen molar-refractivity contribution in [2.24, 2.45) is 11.3 Å². The lowest BCUT2D eigenvalue weighted by Gasteiger charge is -2.27. The molecule has 10 heteroatoms. The summed E-state index contributed by atoms with van der Waals surface area (Å²) in [5.41, 5.74) is 1.25. The number of ether oxygens (including phenoxy) is 2. The van der Waals surface area contributed by atoms with Gasteiger partial charge in [-0.3, -0.25) is 9.78 Å². The highest BCUT2D eigenvalue weighted by Crippen LogP contribution is 2.42. The van der Waals surface area contributed by atoms with E-state index in [9.17, 15) is 18.0 Å². The summed E-state index contributed by atoms with van der Waals surface area (Å²) in [6.07, 6.45) is 5.94. The largest absolute Gasteiger partial charge is 0.491 e. The van der Waals surface area contributed by atoms with E-state index in [1.807, 2.05) is 17.0 Å². The maximum absolute atomic E-state index is 12.8. The number of likely N-dealkylation sites (tertiary alicyclic amines) is 1. The van der Waals surface area contributed by atoms with E-state index < -0.39 is 12.1 Å². The maximum atomic E-state index is 12.8. The fourth-order valence-electron chi connectivity index (χ4n) is 4.26. The van der Waals surface area contributed by atoms with Crippen molar-refractivity contribution in [3.05, 3.63) is 36.2 Å². The first-order valence-electron chi connectivity index (χ1n) is 10.6. The number of rotatable bonds is 5. The van der Waals surface area contributed by atoms with Gasteiger partial charge in [0.25, 0.3) is 0 Å². The number of nitrogens with zero attached hydrogens (tertiary/aromatic N) is 2. The second kappa shape index (κ2) is 10.3. The Labute approximate surface area is 184 Å². The van der Waals surface area contributed by atoms with Crippen molar-refractivity contribution in [3.63, 3.8) is 0 Å². The van der Waals surface area contributed by atoms with Crippen molar-refractivity contribution in [3.8, 4) is 5.75 Å². The number of halogens is 3. The highest BCUT2D eigenvalue weighted by Gasteiger charge is 2.52. The number of carboxylic acids is 1. The van der Waals surface area contributed by atoms with E-state index in [2.05, 4.69) is 11.1 Å². The van der Waals surface area contributed by atoms with Crippen LogP contribution in [0, 0.1) is 11.3 Å². The normalized spacial score (nSPS) is 24.8. The summed E-state index contributed by atoms with van der Waals surface area (Å²) in [6.45, 7) is 3.51. The molecule has 0 radical (unpaired) electrons. The fraction of sp³-hybridized carbons (Fsp3) is 0.591. The van der Waals surface area contributed by atoms with Crippen LogP contribution in [-0.4, -0.2) is 66.0 Å². The third-order valence-electron chi connectivity index (χ3n) is 6.04. The van der Waals surface area contributed by atoms with Crippen LogP contribution in [0.15, 0.2) is 36.2 Å². The van der Waals surface area contributed by atoms with Crippen molar-refractivity contribution < 1.29 is 37.3 Å². The molecule has 0 unspecified atom stereocenters. The molecule has 2 aliphatic heterocycles. The molecule has 1 aliphatic carbocycles. The van der Waals surface area contributed by atoms with Gasteiger partial charge >= 0.3 is 12.1 Å². The van der Waals surface area contributed by atoms with E-state index >= 15 is 0 Å². The van der Waals surface area contributed by atoms with Crippen LogP contribution in [-0.2, 0) is 14.3 Å². The molecule has 0 spiro atoms. The summed E-state index contributed by atoms with van der Waals surface area (Å²) in [7, 11) is 0. The molecule has 0 saturated carbocycles. The second-order valence-corrected chi connectivity index (χ2v) is 8.41. The van der Waals surface area contributed by atoms with E-state index in [4.69, 9.17) is 19.4 Å². The van der Waals surface area contributed by atoms with Gasteiger partial charge in [0.15, 0.2) is 0 Å². The van der Waals surface area contributed by atoms with Gasteiger partial charge in [-0.15, -0.1) is 0 Å². The van der Waals surface area contributed by atoms with Crippen LogP contribution in [0.3, 0.4) is 0 Å².